The van der Waals surface area contributed by atoms with E-state index in [1.165, 1.54) is 0 Å². The summed E-state index contributed by atoms with van der Waals surface area (Å²) in [5.41, 5.74) is 2.64. The predicted octanol–water partition coefficient (Wildman–Crippen LogP) is 6.24. The molecule has 6 rings (SSSR count). The monoisotopic (exact) mass is 610 g/mol. The summed E-state index contributed by atoms with van der Waals surface area (Å²) in [4.78, 5) is 23.3. The molecule has 4 aromatic rings. The maximum Gasteiger partial charge on any atom is 0.335 e. The molecule has 11 heteroatoms. The number of carboxylic acids is 1. The van der Waals surface area contributed by atoms with Gasteiger partial charge in [-0.15, -0.1) is 0 Å². The van der Waals surface area contributed by atoms with Gasteiger partial charge in [0.2, 0.25) is 0 Å². The summed E-state index contributed by atoms with van der Waals surface area (Å²) >= 11 is 12.2. The van der Waals surface area contributed by atoms with E-state index in [0.29, 0.717) is 28.9 Å². The lowest BCUT2D eigenvalue weighted by Crippen LogP contribution is -2.44. The third-order valence-corrected chi connectivity index (χ3v) is 8.45. The summed E-state index contributed by atoms with van der Waals surface area (Å²) in [6.45, 7) is 5.42. The minimum Gasteiger partial charge on any atom is -0.490 e. The number of imidazole rings is 1. The quantitative estimate of drug-likeness (QED) is 0.225. The zero-order valence-electron chi connectivity index (χ0n) is 23.2. The van der Waals surface area contributed by atoms with E-state index in [-0.39, 0.29) is 30.4 Å². The molecule has 0 saturated carbocycles. The summed E-state index contributed by atoms with van der Waals surface area (Å²) in [6, 6.07) is 14.3. The maximum absolute atomic E-state index is 11.6. The van der Waals surface area contributed by atoms with Gasteiger partial charge in [0.25, 0.3) is 0 Å². The highest BCUT2D eigenvalue weighted by atomic mass is 35.5. The number of benzene rings is 2. The molecule has 0 aliphatic carbocycles. The number of ether oxygens (including phenoxy) is 3. The zero-order chi connectivity index (χ0) is 29.2. The first-order valence-corrected chi connectivity index (χ1v) is 14.9. The van der Waals surface area contributed by atoms with Crippen molar-refractivity contribution in [2.24, 2.45) is 0 Å². The second kappa shape index (κ2) is 12.5. The first-order valence-electron chi connectivity index (χ1n) is 14.1. The number of fused-ring (bicyclic) bond motifs is 1. The number of hydrogen-bond donors (Lipinski definition) is 1. The molecule has 2 aromatic carbocycles. The summed E-state index contributed by atoms with van der Waals surface area (Å²) in [6.07, 6.45) is 4.65. The number of likely N-dealkylation sites (tertiary alicyclic amines) is 1. The summed E-state index contributed by atoms with van der Waals surface area (Å²) in [7, 11) is 0. The van der Waals surface area contributed by atoms with E-state index in [2.05, 4.69) is 21.4 Å². The van der Waals surface area contributed by atoms with Gasteiger partial charge >= 0.3 is 5.97 Å². The van der Waals surface area contributed by atoms with Crippen LogP contribution in [0.4, 0.5) is 0 Å². The lowest BCUT2D eigenvalue weighted by Gasteiger charge is -2.37. The van der Waals surface area contributed by atoms with Crippen LogP contribution in [0.15, 0.2) is 54.7 Å². The van der Waals surface area contributed by atoms with E-state index < -0.39 is 5.97 Å². The van der Waals surface area contributed by atoms with E-state index in [1.54, 1.807) is 42.6 Å². The fraction of sp³-hybridized carbons (Fsp3) is 0.387. The number of carboxylic acid groups (broad SMARTS) is 1. The van der Waals surface area contributed by atoms with Gasteiger partial charge in [-0.25, -0.2) is 9.78 Å². The Balaban J connectivity index is 1.09. The molecule has 2 saturated heterocycles. The van der Waals surface area contributed by atoms with Crippen molar-refractivity contribution in [2.45, 2.75) is 64.1 Å². The zero-order valence-corrected chi connectivity index (χ0v) is 24.7. The molecule has 0 unspecified atom stereocenters. The number of carbonyl (C=O) groups is 1. The number of rotatable bonds is 10. The molecule has 4 heterocycles. The molecule has 0 bridgehead atoms. The van der Waals surface area contributed by atoms with Gasteiger partial charge in [-0.3, -0.25) is 9.88 Å². The number of nitrogens with zero attached hydrogens (tertiary/aromatic N) is 4. The van der Waals surface area contributed by atoms with Crippen molar-refractivity contribution in [3.8, 4) is 11.5 Å². The Morgan fingerprint density at radius 1 is 1.14 bits per heavy atom. The normalized spacial score (nSPS) is 20.8. The molecular formula is C31H32Cl2N4O5. The van der Waals surface area contributed by atoms with Gasteiger partial charge in [-0.05, 0) is 68.7 Å². The molecule has 2 aromatic heterocycles. The third kappa shape index (κ3) is 6.49. The number of aromatic nitrogens is 3. The van der Waals surface area contributed by atoms with Crippen LogP contribution in [0.3, 0.4) is 0 Å². The maximum atomic E-state index is 11.6. The fourth-order valence-corrected chi connectivity index (χ4v) is 5.97. The minimum absolute atomic E-state index is 0.0680. The Hall–Kier alpha value is -3.37. The highest BCUT2D eigenvalue weighted by molar-refractivity contribution is 6.35. The highest BCUT2D eigenvalue weighted by Gasteiger charge is 2.29. The highest BCUT2D eigenvalue weighted by Crippen LogP contribution is 2.30. The van der Waals surface area contributed by atoms with Gasteiger partial charge in [0.05, 0.1) is 46.5 Å². The second-order valence-electron chi connectivity index (χ2n) is 10.9. The van der Waals surface area contributed by atoms with Crippen molar-refractivity contribution in [3.63, 3.8) is 0 Å². The van der Waals surface area contributed by atoms with Crippen LogP contribution in [0.5, 0.6) is 11.5 Å². The molecule has 2 fully saturated rings. The fourth-order valence-electron chi connectivity index (χ4n) is 5.51. The topological polar surface area (TPSA) is 98.9 Å². The molecule has 2 aliphatic rings. The SMILES string of the molecule is C[C@H]1C[C@@H](Oc2ccnc(COc3ccc(Cl)cc3Cl)c2)CCN1Cc1nc2ccc(C(=O)O)cc2n1C[C@@H]1CCO1. The first-order chi connectivity index (χ1) is 20.3. The average molecular weight is 612 g/mol. The molecule has 0 amide bonds. The number of halogens is 2. The standard InChI is InChI=1S/C31H32Cl2N4O5/c1-19-12-24(42-23-6-9-34-22(15-23)18-41-29-5-3-21(32)14-26(29)33)7-10-36(19)17-30-35-27-4-2-20(31(38)39)13-28(27)37(30)16-25-8-11-40-25/h2-6,9,13-15,19,24-25H,7-8,10-12,16-18H2,1H3,(H,38,39)/t19-,24-,25-/m0/s1. The summed E-state index contributed by atoms with van der Waals surface area (Å²) < 4.78 is 20.1. The Kier molecular flexibility index (Phi) is 8.53. The van der Waals surface area contributed by atoms with Crippen LogP contribution in [-0.2, 0) is 24.4 Å². The number of aromatic carboxylic acids is 1. The van der Waals surface area contributed by atoms with Crippen LogP contribution < -0.4 is 9.47 Å². The second-order valence-corrected chi connectivity index (χ2v) is 11.7. The molecule has 220 valence electrons. The Bertz CT molecular complexity index is 1590. The number of pyridine rings is 1. The molecule has 1 N–H and O–H groups in total. The van der Waals surface area contributed by atoms with Gasteiger partial charge in [-0.1, -0.05) is 23.2 Å². The van der Waals surface area contributed by atoms with Crippen LogP contribution in [0.25, 0.3) is 11.0 Å². The van der Waals surface area contributed by atoms with Crippen molar-refractivity contribution >= 4 is 40.2 Å². The van der Waals surface area contributed by atoms with Crippen LogP contribution in [-0.4, -0.2) is 61.9 Å². The van der Waals surface area contributed by atoms with Gasteiger partial charge in [0.1, 0.15) is 30.0 Å². The van der Waals surface area contributed by atoms with Crippen molar-refractivity contribution in [3.05, 3.63) is 81.9 Å². The van der Waals surface area contributed by atoms with Crippen LogP contribution in [0.1, 0.15) is 48.1 Å². The Morgan fingerprint density at radius 2 is 2.00 bits per heavy atom. The van der Waals surface area contributed by atoms with Crippen molar-refractivity contribution in [2.75, 3.05) is 13.2 Å². The molecule has 0 radical (unpaired) electrons. The molecule has 0 spiro atoms. The van der Waals surface area contributed by atoms with Crippen LogP contribution >= 0.6 is 23.2 Å². The van der Waals surface area contributed by atoms with Gasteiger partial charge in [-0.2, -0.15) is 0 Å². The Labute approximate surface area is 253 Å². The summed E-state index contributed by atoms with van der Waals surface area (Å²) in [5, 5.41) is 10.5. The Morgan fingerprint density at radius 3 is 2.74 bits per heavy atom. The smallest absolute Gasteiger partial charge is 0.335 e. The van der Waals surface area contributed by atoms with E-state index in [1.807, 2.05) is 12.1 Å². The van der Waals surface area contributed by atoms with Crippen molar-refractivity contribution < 1.29 is 24.1 Å². The van der Waals surface area contributed by atoms with Gasteiger partial charge < -0.3 is 23.9 Å². The molecule has 9 nitrogen and oxygen atoms in total. The van der Waals surface area contributed by atoms with E-state index in [0.717, 1.165) is 60.7 Å². The third-order valence-electron chi connectivity index (χ3n) is 7.92. The van der Waals surface area contributed by atoms with Gasteiger partial charge in [0.15, 0.2) is 0 Å². The predicted molar refractivity (Wildman–Crippen MR) is 160 cm³/mol. The number of hydrogen-bond acceptors (Lipinski definition) is 7. The molecule has 2 aliphatic heterocycles. The van der Waals surface area contributed by atoms with Crippen LogP contribution in [0, 0.1) is 0 Å². The average Bonchev–Trinajstić information content (AvgIpc) is 3.28. The minimum atomic E-state index is -0.943. The first kappa shape index (κ1) is 28.7. The summed E-state index contributed by atoms with van der Waals surface area (Å²) in [5.74, 6) is 1.29. The van der Waals surface area contributed by atoms with E-state index >= 15 is 0 Å². The van der Waals surface area contributed by atoms with E-state index in [4.69, 9.17) is 42.4 Å². The number of piperidine rings is 1. The molecule has 42 heavy (non-hydrogen) atoms. The van der Waals surface area contributed by atoms with Crippen molar-refractivity contribution in [1.82, 2.24) is 19.4 Å². The van der Waals surface area contributed by atoms with Gasteiger partial charge in [0, 0.05) is 36.5 Å². The largest absolute Gasteiger partial charge is 0.490 e. The lowest BCUT2D eigenvalue weighted by molar-refractivity contribution is -0.0593. The lowest BCUT2D eigenvalue weighted by atomic mass is 10.0. The molecular weight excluding hydrogens is 579 g/mol. The molecule has 3 atom stereocenters. The van der Waals surface area contributed by atoms with E-state index in [9.17, 15) is 9.90 Å². The van der Waals surface area contributed by atoms with Crippen molar-refractivity contribution in [1.29, 1.82) is 0 Å². The van der Waals surface area contributed by atoms with Crippen LogP contribution in [0.2, 0.25) is 10.0 Å².